The third kappa shape index (κ3) is 3.65. The molecular formula is C28H33N3O4. The van der Waals surface area contributed by atoms with Crippen LogP contribution in [0, 0.1) is 13.8 Å². The number of fused-ring (bicyclic) bond motifs is 1. The molecule has 0 saturated carbocycles. The van der Waals surface area contributed by atoms with E-state index in [1.165, 1.54) is 11.1 Å². The van der Waals surface area contributed by atoms with Gasteiger partial charge in [-0.05, 0) is 72.9 Å². The molecule has 184 valence electrons. The van der Waals surface area contributed by atoms with Crippen molar-refractivity contribution < 1.29 is 19.8 Å². The highest BCUT2D eigenvalue weighted by Gasteiger charge is 2.35. The number of carboxylic acid groups (broad SMARTS) is 2. The molecule has 7 nitrogen and oxygen atoms in total. The summed E-state index contributed by atoms with van der Waals surface area (Å²) in [5.41, 5.74) is 11.2. The lowest BCUT2D eigenvalue weighted by Crippen LogP contribution is -2.18. The lowest BCUT2D eigenvalue weighted by atomic mass is 9.71. The van der Waals surface area contributed by atoms with Crippen molar-refractivity contribution in [2.75, 3.05) is 0 Å². The number of nitrogens with one attached hydrogen (secondary N) is 3. The lowest BCUT2D eigenvalue weighted by Gasteiger charge is -2.32. The molecule has 5 N–H and O–H groups in total. The number of allylic oxidation sites excluding steroid dienone is 2. The molecule has 3 aliphatic carbocycles. The van der Waals surface area contributed by atoms with Gasteiger partial charge in [-0.2, -0.15) is 0 Å². The van der Waals surface area contributed by atoms with Crippen LogP contribution in [0.2, 0.25) is 0 Å². The third-order valence-corrected chi connectivity index (χ3v) is 8.13. The van der Waals surface area contributed by atoms with Crippen molar-refractivity contribution in [3.63, 3.8) is 0 Å². The van der Waals surface area contributed by atoms with Gasteiger partial charge in [0.1, 0.15) is 11.4 Å². The molecule has 35 heavy (non-hydrogen) atoms. The summed E-state index contributed by atoms with van der Waals surface area (Å²) in [5.74, 6) is -1.13. The fourth-order valence-electron chi connectivity index (χ4n) is 6.50. The predicted octanol–water partition coefficient (Wildman–Crippen LogP) is 5.52. The van der Waals surface area contributed by atoms with Crippen LogP contribution in [0.4, 0.5) is 0 Å². The normalized spacial score (nSPS) is 18.3. The minimum absolute atomic E-state index is 0.273. The topological polar surface area (TPSA) is 122 Å². The van der Waals surface area contributed by atoms with Gasteiger partial charge in [0.25, 0.3) is 0 Å². The van der Waals surface area contributed by atoms with E-state index in [1.807, 2.05) is 13.8 Å². The van der Waals surface area contributed by atoms with E-state index < -0.39 is 11.9 Å². The Morgan fingerprint density at radius 1 is 0.743 bits per heavy atom. The Kier molecular flexibility index (Phi) is 5.74. The SMILES string of the molecule is CCc1c(Cc2[nH]c(Cc3[nH]c(C(=O)O)c(C)c3CC)c3c2C2C=CC3CC2)[nH]c(C(=O)O)c1C. The summed E-state index contributed by atoms with van der Waals surface area (Å²) in [4.78, 5) is 33.6. The van der Waals surface area contributed by atoms with E-state index in [9.17, 15) is 19.8 Å². The number of aromatic nitrogens is 3. The number of aromatic carboxylic acids is 2. The van der Waals surface area contributed by atoms with Crippen LogP contribution in [-0.2, 0) is 25.7 Å². The Bertz CT molecular complexity index is 1270. The molecule has 0 amide bonds. The van der Waals surface area contributed by atoms with Crippen molar-refractivity contribution >= 4 is 11.9 Å². The van der Waals surface area contributed by atoms with Crippen LogP contribution in [0.1, 0.15) is 116 Å². The molecule has 3 heterocycles. The van der Waals surface area contributed by atoms with Gasteiger partial charge in [-0.1, -0.05) is 26.0 Å². The quantitative estimate of drug-likeness (QED) is 0.275. The Morgan fingerprint density at radius 3 is 1.46 bits per heavy atom. The number of hydrogen-bond acceptors (Lipinski definition) is 2. The highest BCUT2D eigenvalue weighted by Crippen LogP contribution is 2.49. The van der Waals surface area contributed by atoms with E-state index >= 15 is 0 Å². The molecular weight excluding hydrogens is 442 g/mol. The maximum absolute atomic E-state index is 11.7. The molecule has 0 aromatic carbocycles. The highest BCUT2D eigenvalue weighted by molar-refractivity contribution is 5.88. The number of carboxylic acids is 2. The number of rotatable bonds is 8. The summed E-state index contributed by atoms with van der Waals surface area (Å²) >= 11 is 0. The molecule has 3 aromatic rings. The molecule has 2 unspecified atom stereocenters. The van der Waals surface area contributed by atoms with Crippen LogP contribution in [0.25, 0.3) is 0 Å². The maximum Gasteiger partial charge on any atom is 0.352 e. The van der Waals surface area contributed by atoms with Crippen molar-refractivity contribution in [3.05, 3.63) is 79.7 Å². The van der Waals surface area contributed by atoms with E-state index in [0.717, 1.165) is 70.7 Å². The fraction of sp³-hybridized carbons (Fsp3) is 0.429. The molecule has 7 heteroatoms. The molecule has 2 bridgehead atoms. The van der Waals surface area contributed by atoms with Gasteiger partial charge in [0.05, 0.1) is 0 Å². The van der Waals surface area contributed by atoms with E-state index in [1.54, 1.807) is 0 Å². The lowest BCUT2D eigenvalue weighted by molar-refractivity contribution is 0.0679. The van der Waals surface area contributed by atoms with Crippen molar-refractivity contribution in [2.24, 2.45) is 0 Å². The molecule has 2 atom stereocenters. The van der Waals surface area contributed by atoms with Crippen LogP contribution < -0.4 is 0 Å². The molecule has 0 radical (unpaired) electrons. The molecule has 3 aliphatic rings. The van der Waals surface area contributed by atoms with Crippen molar-refractivity contribution in [3.8, 4) is 0 Å². The Labute approximate surface area is 204 Å². The second kappa shape index (κ2) is 8.63. The van der Waals surface area contributed by atoms with E-state index in [2.05, 4.69) is 41.0 Å². The first-order valence-electron chi connectivity index (χ1n) is 12.5. The average molecular weight is 476 g/mol. The zero-order valence-corrected chi connectivity index (χ0v) is 20.8. The number of hydrogen-bond donors (Lipinski definition) is 5. The largest absolute Gasteiger partial charge is 0.477 e. The van der Waals surface area contributed by atoms with Gasteiger partial charge in [0.2, 0.25) is 0 Å². The van der Waals surface area contributed by atoms with Crippen molar-refractivity contribution in [1.82, 2.24) is 15.0 Å². The highest BCUT2D eigenvalue weighted by atomic mass is 16.4. The first-order chi connectivity index (χ1) is 16.7. The van der Waals surface area contributed by atoms with Gasteiger partial charge in [-0.25, -0.2) is 9.59 Å². The van der Waals surface area contributed by atoms with Gasteiger partial charge in [0, 0.05) is 47.5 Å². The average Bonchev–Trinajstić information content (AvgIpc) is 3.47. The Hall–Kier alpha value is -3.48. The van der Waals surface area contributed by atoms with Crippen molar-refractivity contribution in [2.45, 2.75) is 78.1 Å². The molecule has 6 rings (SSSR count). The maximum atomic E-state index is 11.7. The number of aromatic amines is 3. The van der Waals surface area contributed by atoms with Crippen LogP contribution in [0.5, 0.6) is 0 Å². The predicted molar refractivity (Wildman–Crippen MR) is 134 cm³/mol. The summed E-state index contributed by atoms with van der Waals surface area (Å²) in [7, 11) is 0. The third-order valence-electron chi connectivity index (χ3n) is 8.13. The fourth-order valence-corrected chi connectivity index (χ4v) is 6.50. The van der Waals surface area contributed by atoms with Crippen LogP contribution >= 0.6 is 0 Å². The molecule has 0 fully saturated rings. The van der Waals surface area contributed by atoms with Gasteiger partial charge in [-0.15, -0.1) is 0 Å². The van der Waals surface area contributed by atoms with Gasteiger partial charge < -0.3 is 25.2 Å². The summed E-state index contributed by atoms with van der Waals surface area (Å²) in [6.45, 7) is 7.88. The van der Waals surface area contributed by atoms with Crippen LogP contribution in [-0.4, -0.2) is 37.1 Å². The zero-order chi connectivity index (χ0) is 25.0. The molecule has 0 saturated heterocycles. The summed E-state index contributed by atoms with van der Waals surface area (Å²) < 4.78 is 0. The summed E-state index contributed by atoms with van der Waals surface area (Å²) in [6, 6.07) is 0. The van der Waals surface area contributed by atoms with Gasteiger partial charge >= 0.3 is 11.9 Å². The second-order valence-corrected chi connectivity index (χ2v) is 9.92. The van der Waals surface area contributed by atoms with Gasteiger partial charge in [-0.3, -0.25) is 0 Å². The zero-order valence-electron chi connectivity index (χ0n) is 20.8. The molecule has 0 aliphatic heterocycles. The Balaban J connectivity index is 1.60. The van der Waals surface area contributed by atoms with E-state index in [4.69, 9.17) is 0 Å². The minimum atomic E-state index is -0.928. The van der Waals surface area contributed by atoms with E-state index in [0.29, 0.717) is 24.7 Å². The standard InChI is InChI=1S/C28H33N3O4/c1-5-17-13(3)25(27(32)33)30-19(17)11-21-23-15-7-9-16(10-8-15)24(23)22(29-21)12-20-18(6-2)14(4)26(31-20)28(34)35/h7,9,15-16,29-31H,5-6,8,10-12H2,1-4H3,(H,32,33)(H,34,35). The van der Waals surface area contributed by atoms with Gasteiger partial charge in [0.15, 0.2) is 0 Å². The Morgan fingerprint density at radius 2 is 1.14 bits per heavy atom. The smallest absolute Gasteiger partial charge is 0.352 e. The molecule has 3 aromatic heterocycles. The van der Waals surface area contributed by atoms with E-state index in [-0.39, 0.29) is 11.4 Å². The first-order valence-corrected chi connectivity index (χ1v) is 12.5. The monoisotopic (exact) mass is 475 g/mol. The summed E-state index contributed by atoms with van der Waals surface area (Å²) in [5, 5.41) is 19.3. The summed E-state index contributed by atoms with van der Waals surface area (Å²) in [6.07, 6.45) is 9.67. The van der Waals surface area contributed by atoms with Crippen LogP contribution in [0.15, 0.2) is 12.2 Å². The molecule has 0 spiro atoms. The van der Waals surface area contributed by atoms with Crippen LogP contribution in [0.3, 0.4) is 0 Å². The number of carbonyl (C=O) groups is 2. The number of H-pyrrole nitrogens is 3. The minimum Gasteiger partial charge on any atom is -0.477 e. The second-order valence-electron chi connectivity index (χ2n) is 9.92. The first kappa shape index (κ1) is 23.3. The van der Waals surface area contributed by atoms with Crippen molar-refractivity contribution in [1.29, 1.82) is 0 Å².